The summed E-state index contributed by atoms with van der Waals surface area (Å²) in [5.74, 6) is 1.04. The average Bonchev–Trinajstić information content (AvgIpc) is 2.28. The van der Waals surface area contributed by atoms with Crippen molar-refractivity contribution in [3.63, 3.8) is 0 Å². The van der Waals surface area contributed by atoms with Crippen LogP contribution in [0.5, 0.6) is 0 Å². The summed E-state index contributed by atoms with van der Waals surface area (Å²) in [7, 11) is 2.00. The first-order valence-corrected chi connectivity index (χ1v) is 3.91. The van der Waals surface area contributed by atoms with E-state index in [9.17, 15) is 0 Å². The lowest BCUT2D eigenvalue weighted by Crippen LogP contribution is -2.06. The molecule has 1 aromatic rings. The molecule has 11 heavy (non-hydrogen) atoms. The zero-order valence-electron chi connectivity index (χ0n) is 7.39. The molecular formula is C8H15N3. The quantitative estimate of drug-likeness (QED) is 0.681. The summed E-state index contributed by atoms with van der Waals surface area (Å²) in [6.45, 7) is 4.68. The van der Waals surface area contributed by atoms with Crippen LogP contribution in [0.2, 0.25) is 0 Å². The van der Waals surface area contributed by atoms with Gasteiger partial charge in [0.25, 0.3) is 0 Å². The van der Waals surface area contributed by atoms with Gasteiger partial charge in [0.05, 0.1) is 11.4 Å². The van der Waals surface area contributed by atoms with E-state index in [4.69, 9.17) is 5.73 Å². The molecule has 0 aliphatic heterocycles. The van der Waals surface area contributed by atoms with Crippen molar-refractivity contribution >= 4 is 0 Å². The number of nitrogens with two attached hydrogens (primary N) is 1. The Bertz CT molecular complexity index is 250. The normalized spacial score (nSPS) is 10.5. The fourth-order valence-electron chi connectivity index (χ4n) is 1.26. The van der Waals surface area contributed by atoms with Gasteiger partial charge in [-0.3, -0.25) is 0 Å². The van der Waals surface area contributed by atoms with Crippen LogP contribution in [0.25, 0.3) is 0 Å². The van der Waals surface area contributed by atoms with Crippen molar-refractivity contribution in [3.8, 4) is 0 Å². The Morgan fingerprint density at radius 1 is 1.55 bits per heavy atom. The van der Waals surface area contributed by atoms with E-state index in [0.29, 0.717) is 6.54 Å². The van der Waals surface area contributed by atoms with Gasteiger partial charge < -0.3 is 10.3 Å². The van der Waals surface area contributed by atoms with E-state index in [1.165, 1.54) is 0 Å². The third-order valence-corrected chi connectivity index (χ3v) is 2.05. The van der Waals surface area contributed by atoms with Crippen molar-refractivity contribution in [1.29, 1.82) is 0 Å². The number of rotatable bonds is 2. The first-order chi connectivity index (χ1) is 5.20. The minimum absolute atomic E-state index is 0.584. The SMILES string of the molecule is CCc1nc(C)n(C)c1CN. The third-order valence-electron chi connectivity index (χ3n) is 2.05. The van der Waals surface area contributed by atoms with E-state index in [2.05, 4.69) is 16.5 Å². The fourth-order valence-corrected chi connectivity index (χ4v) is 1.26. The average molecular weight is 153 g/mol. The monoisotopic (exact) mass is 153 g/mol. The molecule has 3 nitrogen and oxygen atoms in total. The highest BCUT2D eigenvalue weighted by molar-refractivity contribution is 5.16. The van der Waals surface area contributed by atoms with Gasteiger partial charge in [0.1, 0.15) is 5.82 Å². The molecule has 0 spiro atoms. The molecule has 1 rings (SSSR count). The zero-order chi connectivity index (χ0) is 8.43. The van der Waals surface area contributed by atoms with E-state index in [0.717, 1.165) is 23.6 Å². The summed E-state index contributed by atoms with van der Waals surface area (Å²) in [6.07, 6.45) is 0.966. The molecule has 0 aliphatic carbocycles. The minimum Gasteiger partial charge on any atom is -0.334 e. The Kier molecular flexibility index (Phi) is 2.29. The van der Waals surface area contributed by atoms with Gasteiger partial charge in [0.15, 0.2) is 0 Å². The fraction of sp³-hybridized carbons (Fsp3) is 0.625. The molecule has 0 saturated heterocycles. The maximum absolute atomic E-state index is 5.58. The highest BCUT2D eigenvalue weighted by Gasteiger charge is 2.07. The Labute approximate surface area is 67.2 Å². The molecule has 1 aromatic heterocycles. The van der Waals surface area contributed by atoms with Crippen LogP contribution in [-0.4, -0.2) is 9.55 Å². The van der Waals surface area contributed by atoms with Gasteiger partial charge in [0, 0.05) is 13.6 Å². The van der Waals surface area contributed by atoms with Crippen LogP contribution in [0.4, 0.5) is 0 Å². The third kappa shape index (κ3) is 1.28. The molecule has 3 heteroatoms. The Balaban J connectivity index is 3.15. The molecular weight excluding hydrogens is 138 g/mol. The molecule has 62 valence electrons. The van der Waals surface area contributed by atoms with Crippen molar-refractivity contribution in [3.05, 3.63) is 17.2 Å². The number of aryl methyl sites for hydroxylation is 2. The lowest BCUT2D eigenvalue weighted by molar-refractivity contribution is 0.783. The molecule has 0 saturated carbocycles. The summed E-state index contributed by atoms with van der Waals surface area (Å²) in [6, 6.07) is 0. The van der Waals surface area contributed by atoms with Crippen LogP contribution in [-0.2, 0) is 20.0 Å². The number of imidazole rings is 1. The smallest absolute Gasteiger partial charge is 0.105 e. The maximum Gasteiger partial charge on any atom is 0.105 e. The predicted molar refractivity (Wildman–Crippen MR) is 45.2 cm³/mol. The minimum atomic E-state index is 0.584. The molecule has 0 amide bonds. The van der Waals surface area contributed by atoms with Crippen LogP contribution in [0, 0.1) is 6.92 Å². The molecule has 1 heterocycles. The summed E-state index contributed by atoms with van der Waals surface area (Å²) in [5.41, 5.74) is 7.87. The molecule has 0 bridgehead atoms. The van der Waals surface area contributed by atoms with Gasteiger partial charge in [-0.25, -0.2) is 4.98 Å². The van der Waals surface area contributed by atoms with Crippen LogP contribution < -0.4 is 5.73 Å². The Hall–Kier alpha value is -0.830. The van der Waals surface area contributed by atoms with Crippen molar-refractivity contribution in [2.75, 3.05) is 0 Å². The van der Waals surface area contributed by atoms with Gasteiger partial charge in [0.2, 0.25) is 0 Å². The van der Waals surface area contributed by atoms with E-state index < -0.39 is 0 Å². The molecule has 0 radical (unpaired) electrons. The summed E-state index contributed by atoms with van der Waals surface area (Å²) < 4.78 is 2.05. The van der Waals surface area contributed by atoms with Crippen molar-refractivity contribution < 1.29 is 0 Å². The Morgan fingerprint density at radius 3 is 2.55 bits per heavy atom. The highest BCUT2D eigenvalue weighted by Crippen LogP contribution is 2.09. The molecule has 0 fully saturated rings. The van der Waals surface area contributed by atoms with Gasteiger partial charge in [-0.15, -0.1) is 0 Å². The van der Waals surface area contributed by atoms with Crippen LogP contribution in [0.3, 0.4) is 0 Å². The molecule has 0 aromatic carbocycles. The number of hydrogen-bond acceptors (Lipinski definition) is 2. The summed E-state index contributed by atoms with van der Waals surface area (Å²) in [4.78, 5) is 4.38. The van der Waals surface area contributed by atoms with Gasteiger partial charge in [-0.05, 0) is 13.3 Å². The number of aromatic nitrogens is 2. The predicted octanol–water partition coefficient (Wildman–Crippen LogP) is 0.750. The second-order valence-corrected chi connectivity index (χ2v) is 2.67. The summed E-state index contributed by atoms with van der Waals surface area (Å²) in [5, 5.41) is 0. The number of hydrogen-bond donors (Lipinski definition) is 1. The molecule has 0 unspecified atom stereocenters. The zero-order valence-corrected chi connectivity index (χ0v) is 7.39. The van der Waals surface area contributed by atoms with E-state index in [1.54, 1.807) is 0 Å². The topological polar surface area (TPSA) is 43.8 Å². The van der Waals surface area contributed by atoms with E-state index in [1.807, 2.05) is 14.0 Å². The second kappa shape index (κ2) is 3.05. The Morgan fingerprint density at radius 2 is 2.18 bits per heavy atom. The molecule has 0 atom stereocenters. The first kappa shape index (κ1) is 8.27. The lowest BCUT2D eigenvalue weighted by Gasteiger charge is -2.00. The largest absolute Gasteiger partial charge is 0.334 e. The molecule has 2 N–H and O–H groups in total. The van der Waals surface area contributed by atoms with Crippen LogP contribution in [0.15, 0.2) is 0 Å². The van der Waals surface area contributed by atoms with Gasteiger partial charge in [-0.2, -0.15) is 0 Å². The van der Waals surface area contributed by atoms with Crippen molar-refractivity contribution in [2.45, 2.75) is 26.8 Å². The van der Waals surface area contributed by atoms with Crippen molar-refractivity contribution in [1.82, 2.24) is 9.55 Å². The lowest BCUT2D eigenvalue weighted by atomic mass is 10.2. The first-order valence-electron chi connectivity index (χ1n) is 3.91. The van der Waals surface area contributed by atoms with Crippen LogP contribution in [0.1, 0.15) is 24.1 Å². The van der Waals surface area contributed by atoms with Crippen molar-refractivity contribution in [2.24, 2.45) is 12.8 Å². The summed E-state index contributed by atoms with van der Waals surface area (Å²) >= 11 is 0. The number of nitrogens with zero attached hydrogens (tertiary/aromatic N) is 2. The van der Waals surface area contributed by atoms with Gasteiger partial charge >= 0.3 is 0 Å². The van der Waals surface area contributed by atoms with E-state index in [-0.39, 0.29) is 0 Å². The standard InChI is InChI=1S/C8H15N3/c1-4-7-8(5-9)11(3)6(2)10-7/h4-5,9H2,1-3H3. The maximum atomic E-state index is 5.58. The molecule has 0 aliphatic rings. The second-order valence-electron chi connectivity index (χ2n) is 2.67. The van der Waals surface area contributed by atoms with Crippen LogP contribution >= 0.6 is 0 Å². The highest BCUT2D eigenvalue weighted by atomic mass is 15.1. The van der Waals surface area contributed by atoms with E-state index >= 15 is 0 Å². The van der Waals surface area contributed by atoms with Gasteiger partial charge in [-0.1, -0.05) is 6.92 Å².